The summed E-state index contributed by atoms with van der Waals surface area (Å²) in [5.74, 6) is 2.63. The van der Waals surface area contributed by atoms with Crippen LogP contribution < -0.4 is 4.31 Å². The number of fused-ring (bicyclic) bond motifs is 2. The highest BCUT2D eigenvalue weighted by Crippen LogP contribution is 2.42. The lowest BCUT2D eigenvalue weighted by molar-refractivity contribution is 0.218. The van der Waals surface area contributed by atoms with Crippen LogP contribution in [0.15, 0.2) is 47.4 Å². The Hall–Kier alpha value is -1.89. The number of anilines is 1. The Kier molecular flexibility index (Phi) is 2.98. The van der Waals surface area contributed by atoms with Crippen LogP contribution in [0.5, 0.6) is 0 Å². The Bertz CT molecular complexity index is 675. The van der Waals surface area contributed by atoms with Crippen LogP contribution in [0.25, 0.3) is 0 Å². The van der Waals surface area contributed by atoms with Gasteiger partial charge in [-0.15, -0.1) is 6.42 Å². The van der Waals surface area contributed by atoms with Crippen molar-refractivity contribution in [2.75, 3.05) is 11.4 Å². The molecule has 1 aliphatic heterocycles. The molecule has 2 aromatic carbocycles. The van der Waals surface area contributed by atoms with Crippen LogP contribution >= 0.6 is 11.9 Å². The van der Waals surface area contributed by atoms with E-state index in [1.807, 2.05) is 49.5 Å². The second-order valence-electron chi connectivity index (χ2n) is 4.45. The Labute approximate surface area is 117 Å². The summed E-state index contributed by atoms with van der Waals surface area (Å²) in [6, 6.07) is 13.6. The minimum atomic E-state index is -0.615. The molecule has 1 aliphatic rings. The smallest absolute Gasteiger partial charge is 0.107 e. The lowest BCUT2D eigenvalue weighted by Gasteiger charge is -2.18. The van der Waals surface area contributed by atoms with Crippen molar-refractivity contribution < 1.29 is 5.11 Å². The van der Waals surface area contributed by atoms with Crippen LogP contribution in [0.2, 0.25) is 0 Å². The summed E-state index contributed by atoms with van der Waals surface area (Å²) in [7, 11) is 1.99. The van der Waals surface area contributed by atoms with Gasteiger partial charge in [-0.1, -0.05) is 30.2 Å². The van der Waals surface area contributed by atoms with E-state index in [1.165, 1.54) is 0 Å². The van der Waals surface area contributed by atoms with E-state index in [0.29, 0.717) is 0 Å². The third-order valence-electron chi connectivity index (χ3n) is 3.28. The molecule has 1 heterocycles. The molecule has 2 nitrogen and oxygen atoms in total. The third-order valence-corrected chi connectivity index (χ3v) is 4.30. The van der Waals surface area contributed by atoms with Crippen molar-refractivity contribution in [1.29, 1.82) is 0 Å². The molecular formula is C16H13NOS. The maximum Gasteiger partial charge on any atom is 0.107 e. The number of aliphatic hydroxyl groups is 1. The van der Waals surface area contributed by atoms with E-state index in [9.17, 15) is 5.11 Å². The van der Waals surface area contributed by atoms with Crippen molar-refractivity contribution in [1.82, 2.24) is 0 Å². The normalized spacial score (nSPS) is 17.1. The van der Waals surface area contributed by atoms with Crippen molar-refractivity contribution in [2.24, 2.45) is 0 Å². The summed E-state index contributed by atoms with van der Waals surface area (Å²) in [5, 5.41) is 10.6. The summed E-state index contributed by atoms with van der Waals surface area (Å²) in [6.07, 6.45) is 4.82. The highest BCUT2D eigenvalue weighted by atomic mass is 32.2. The lowest BCUT2D eigenvalue weighted by Crippen LogP contribution is -2.07. The first-order valence-electron chi connectivity index (χ1n) is 6.00. The Morgan fingerprint density at radius 2 is 2.00 bits per heavy atom. The van der Waals surface area contributed by atoms with E-state index in [-0.39, 0.29) is 0 Å². The van der Waals surface area contributed by atoms with E-state index in [0.717, 1.165) is 27.3 Å². The SMILES string of the molecule is C#Cc1ccc2c(c1)SN(C)c1ccccc1C2O. The maximum atomic E-state index is 10.6. The largest absolute Gasteiger partial charge is 0.384 e. The van der Waals surface area contributed by atoms with Crippen LogP contribution in [-0.4, -0.2) is 12.2 Å². The molecular weight excluding hydrogens is 254 g/mol. The van der Waals surface area contributed by atoms with Crippen molar-refractivity contribution in [3.63, 3.8) is 0 Å². The van der Waals surface area contributed by atoms with Gasteiger partial charge in [0.1, 0.15) is 6.10 Å². The van der Waals surface area contributed by atoms with Gasteiger partial charge in [0.15, 0.2) is 0 Å². The second kappa shape index (κ2) is 4.65. The van der Waals surface area contributed by atoms with Crippen LogP contribution in [-0.2, 0) is 0 Å². The summed E-state index contributed by atoms with van der Waals surface area (Å²) < 4.78 is 2.06. The molecule has 0 radical (unpaired) electrons. The van der Waals surface area contributed by atoms with Gasteiger partial charge in [-0.3, -0.25) is 0 Å². The molecule has 2 aromatic rings. The first kappa shape index (κ1) is 12.2. The fraction of sp³-hybridized carbons (Fsp3) is 0.125. The fourth-order valence-corrected chi connectivity index (χ4v) is 3.32. The zero-order valence-electron chi connectivity index (χ0n) is 10.5. The molecule has 1 atom stereocenters. The highest BCUT2D eigenvalue weighted by Gasteiger charge is 2.24. The average Bonchev–Trinajstić information content (AvgIpc) is 2.55. The monoisotopic (exact) mass is 267 g/mol. The van der Waals surface area contributed by atoms with Gasteiger partial charge in [-0.2, -0.15) is 0 Å². The van der Waals surface area contributed by atoms with E-state index < -0.39 is 6.10 Å². The van der Waals surface area contributed by atoms with Crippen LogP contribution in [0.1, 0.15) is 22.8 Å². The Balaban J connectivity index is 2.20. The summed E-state index contributed by atoms with van der Waals surface area (Å²) in [4.78, 5) is 1.00. The molecule has 0 aliphatic carbocycles. The Morgan fingerprint density at radius 3 is 2.79 bits per heavy atom. The van der Waals surface area contributed by atoms with Gasteiger partial charge in [0.05, 0.1) is 5.69 Å². The molecule has 0 saturated heterocycles. The zero-order chi connectivity index (χ0) is 13.4. The highest BCUT2D eigenvalue weighted by molar-refractivity contribution is 8.00. The number of hydrogen-bond donors (Lipinski definition) is 1. The fourth-order valence-electron chi connectivity index (χ4n) is 2.30. The van der Waals surface area contributed by atoms with Gasteiger partial charge in [0, 0.05) is 28.6 Å². The average molecular weight is 267 g/mol. The van der Waals surface area contributed by atoms with E-state index in [2.05, 4.69) is 10.2 Å². The third kappa shape index (κ3) is 1.99. The predicted octanol–water partition coefficient (Wildman–Crippen LogP) is 3.21. The molecule has 1 N–H and O–H groups in total. The number of terminal acetylenes is 1. The quantitative estimate of drug-likeness (QED) is 0.585. The topological polar surface area (TPSA) is 23.5 Å². The number of aliphatic hydroxyl groups excluding tert-OH is 1. The van der Waals surface area contributed by atoms with Gasteiger partial charge in [0.2, 0.25) is 0 Å². The lowest BCUT2D eigenvalue weighted by atomic mass is 9.99. The number of rotatable bonds is 0. The molecule has 94 valence electrons. The van der Waals surface area contributed by atoms with Crippen LogP contribution in [0.4, 0.5) is 5.69 Å². The van der Waals surface area contributed by atoms with Crippen molar-refractivity contribution >= 4 is 17.6 Å². The molecule has 19 heavy (non-hydrogen) atoms. The van der Waals surface area contributed by atoms with Crippen molar-refractivity contribution in [2.45, 2.75) is 11.0 Å². The van der Waals surface area contributed by atoms with Gasteiger partial charge in [0.25, 0.3) is 0 Å². The minimum Gasteiger partial charge on any atom is -0.384 e. The zero-order valence-corrected chi connectivity index (χ0v) is 11.3. The molecule has 3 heteroatoms. The summed E-state index contributed by atoms with van der Waals surface area (Å²) in [6.45, 7) is 0. The molecule has 0 fully saturated rings. The van der Waals surface area contributed by atoms with Gasteiger partial charge in [-0.05, 0) is 30.1 Å². The molecule has 0 spiro atoms. The molecule has 0 aromatic heterocycles. The standard InChI is InChI=1S/C16H13NOS/c1-3-11-8-9-13-15(10-11)19-17(2)14-7-5-4-6-12(14)16(13)18/h1,4-10,16,18H,2H3. The maximum absolute atomic E-state index is 10.6. The number of benzene rings is 2. The molecule has 3 rings (SSSR count). The first-order chi connectivity index (χ1) is 9.20. The predicted molar refractivity (Wildman–Crippen MR) is 79.1 cm³/mol. The van der Waals surface area contributed by atoms with E-state index >= 15 is 0 Å². The number of hydrogen-bond acceptors (Lipinski definition) is 3. The number of para-hydroxylation sites is 1. The first-order valence-corrected chi connectivity index (χ1v) is 6.77. The van der Waals surface area contributed by atoms with Crippen LogP contribution in [0.3, 0.4) is 0 Å². The van der Waals surface area contributed by atoms with Crippen molar-refractivity contribution in [3.8, 4) is 12.3 Å². The summed E-state index contributed by atoms with van der Waals surface area (Å²) >= 11 is 1.59. The second-order valence-corrected chi connectivity index (χ2v) is 5.62. The number of nitrogens with zero attached hydrogens (tertiary/aromatic N) is 1. The molecule has 0 amide bonds. The van der Waals surface area contributed by atoms with Gasteiger partial charge in [-0.25, -0.2) is 0 Å². The van der Waals surface area contributed by atoms with Gasteiger partial charge < -0.3 is 9.41 Å². The molecule has 1 unspecified atom stereocenters. The van der Waals surface area contributed by atoms with Gasteiger partial charge >= 0.3 is 0 Å². The van der Waals surface area contributed by atoms with Crippen molar-refractivity contribution in [3.05, 3.63) is 59.2 Å². The minimum absolute atomic E-state index is 0.615. The summed E-state index contributed by atoms with van der Waals surface area (Å²) in [5.41, 5.74) is 3.68. The van der Waals surface area contributed by atoms with E-state index in [1.54, 1.807) is 11.9 Å². The molecule has 0 saturated carbocycles. The molecule has 0 bridgehead atoms. The Morgan fingerprint density at radius 1 is 1.21 bits per heavy atom. The van der Waals surface area contributed by atoms with E-state index in [4.69, 9.17) is 6.42 Å². The van der Waals surface area contributed by atoms with Crippen LogP contribution in [0, 0.1) is 12.3 Å².